The Balaban J connectivity index is 1.29. The molecule has 2 aliphatic heterocycles. The highest BCUT2D eigenvalue weighted by Gasteiger charge is 2.31. The van der Waals surface area contributed by atoms with E-state index in [1.165, 1.54) is 22.9 Å². The molecule has 5 rings (SSSR count). The van der Waals surface area contributed by atoms with Crippen molar-refractivity contribution in [1.82, 2.24) is 18.9 Å². The van der Waals surface area contributed by atoms with Crippen molar-refractivity contribution in [3.63, 3.8) is 0 Å². The summed E-state index contributed by atoms with van der Waals surface area (Å²) in [6, 6.07) is 10.8. The molecule has 0 bridgehead atoms. The molecule has 41 heavy (non-hydrogen) atoms. The first-order valence-electron chi connectivity index (χ1n) is 13.8. The molecule has 3 aromatic rings. The number of amides is 3. The molecular weight excluding hydrogens is 532 g/mol. The Morgan fingerprint density at radius 3 is 2.44 bits per heavy atom. The van der Waals surface area contributed by atoms with E-state index in [1.807, 2.05) is 29.2 Å². The predicted molar refractivity (Wildman–Crippen MR) is 150 cm³/mol. The molecule has 216 valence electrons. The van der Waals surface area contributed by atoms with Crippen LogP contribution in [0.4, 0.5) is 19.3 Å². The van der Waals surface area contributed by atoms with Crippen molar-refractivity contribution in [3.8, 4) is 0 Å². The summed E-state index contributed by atoms with van der Waals surface area (Å²) >= 11 is 0. The number of rotatable bonds is 6. The number of hydrogen-bond donors (Lipinski definition) is 1. The number of anilines is 1. The van der Waals surface area contributed by atoms with Crippen LogP contribution >= 0.6 is 0 Å². The summed E-state index contributed by atoms with van der Waals surface area (Å²) < 4.78 is 30.3. The van der Waals surface area contributed by atoms with Crippen LogP contribution < -0.4 is 16.6 Å². The Bertz CT molecular complexity index is 1590. The second kappa shape index (κ2) is 11.7. The lowest BCUT2D eigenvalue weighted by molar-refractivity contribution is -0.133. The molecule has 0 atom stereocenters. The van der Waals surface area contributed by atoms with Crippen LogP contribution in [0.25, 0.3) is 0 Å². The van der Waals surface area contributed by atoms with E-state index in [4.69, 9.17) is 0 Å². The Labute approximate surface area is 236 Å². The van der Waals surface area contributed by atoms with Gasteiger partial charge in [-0.15, -0.1) is 0 Å². The predicted octanol–water partition coefficient (Wildman–Crippen LogP) is 3.54. The second-order valence-corrected chi connectivity index (χ2v) is 10.9. The standard InChI is InChI=1S/C30H33F2N5O4/c1-19(2)37-28(39)22(16-21-7-5-8-24(31)27(21)32)17-35(30(37)41)18-26(38)34-13-11-23(12-14-34)36-15-10-20-6-3-4-9-25(20)33-29(36)40/h3-9,17,19,23H,10-16,18H2,1-2H3,(H,33,40). The summed E-state index contributed by atoms with van der Waals surface area (Å²) in [5.41, 5.74) is 0.733. The van der Waals surface area contributed by atoms with Gasteiger partial charge in [-0.2, -0.15) is 0 Å². The topological polar surface area (TPSA) is 96.7 Å². The Hall–Kier alpha value is -4.28. The summed E-state index contributed by atoms with van der Waals surface area (Å²) in [5.74, 6) is -2.38. The van der Waals surface area contributed by atoms with Gasteiger partial charge < -0.3 is 15.1 Å². The number of urea groups is 1. The third kappa shape index (κ3) is 5.79. The van der Waals surface area contributed by atoms with Gasteiger partial charge in [0.25, 0.3) is 5.56 Å². The van der Waals surface area contributed by atoms with Crippen LogP contribution in [0.1, 0.15) is 49.4 Å². The largest absolute Gasteiger partial charge is 0.341 e. The second-order valence-electron chi connectivity index (χ2n) is 10.9. The number of fused-ring (bicyclic) bond motifs is 1. The van der Waals surface area contributed by atoms with Crippen molar-refractivity contribution >= 4 is 17.6 Å². The lowest BCUT2D eigenvalue weighted by Gasteiger charge is -2.38. The summed E-state index contributed by atoms with van der Waals surface area (Å²) in [5, 5.41) is 2.99. The number of aromatic nitrogens is 2. The van der Waals surface area contributed by atoms with Crippen molar-refractivity contribution in [2.45, 2.75) is 58.2 Å². The molecule has 0 aliphatic carbocycles. The van der Waals surface area contributed by atoms with Gasteiger partial charge in [0.05, 0.1) is 0 Å². The van der Waals surface area contributed by atoms with Gasteiger partial charge in [-0.1, -0.05) is 30.3 Å². The maximum absolute atomic E-state index is 14.4. The molecule has 3 amide bonds. The highest BCUT2D eigenvalue weighted by atomic mass is 19.2. The Morgan fingerprint density at radius 1 is 0.976 bits per heavy atom. The number of nitrogens with one attached hydrogen (secondary N) is 1. The lowest BCUT2D eigenvalue weighted by atomic mass is 10.0. The normalized spacial score (nSPS) is 16.0. The van der Waals surface area contributed by atoms with Crippen LogP contribution in [0.3, 0.4) is 0 Å². The number of piperidine rings is 1. The van der Waals surface area contributed by atoms with E-state index in [9.17, 15) is 28.0 Å². The molecule has 0 saturated carbocycles. The van der Waals surface area contributed by atoms with Gasteiger partial charge in [0, 0.05) is 55.6 Å². The minimum Gasteiger partial charge on any atom is -0.341 e. The molecule has 3 heterocycles. The molecule has 1 N–H and O–H groups in total. The lowest BCUT2D eigenvalue weighted by Crippen LogP contribution is -2.51. The SMILES string of the molecule is CC(C)n1c(=O)c(Cc2cccc(F)c2F)cn(CC(=O)N2CCC(N3CCc4ccccc4NC3=O)CC2)c1=O. The average Bonchev–Trinajstić information content (AvgIpc) is 3.11. The number of carbonyl (C=O) groups is 2. The number of carbonyl (C=O) groups excluding carboxylic acids is 2. The molecule has 0 radical (unpaired) electrons. The zero-order chi connectivity index (χ0) is 29.3. The molecule has 2 aromatic carbocycles. The van der Waals surface area contributed by atoms with E-state index in [2.05, 4.69) is 5.32 Å². The van der Waals surface area contributed by atoms with Crippen molar-refractivity contribution in [1.29, 1.82) is 0 Å². The van der Waals surface area contributed by atoms with Crippen LogP contribution in [0.5, 0.6) is 0 Å². The van der Waals surface area contributed by atoms with Gasteiger partial charge in [-0.25, -0.2) is 18.4 Å². The number of benzene rings is 2. The monoisotopic (exact) mass is 565 g/mol. The van der Waals surface area contributed by atoms with Crippen molar-refractivity contribution in [2.24, 2.45) is 0 Å². The van der Waals surface area contributed by atoms with Crippen molar-refractivity contribution in [3.05, 3.63) is 97.8 Å². The summed E-state index contributed by atoms with van der Waals surface area (Å²) in [4.78, 5) is 55.9. The summed E-state index contributed by atoms with van der Waals surface area (Å²) in [6.45, 7) is 4.46. The first-order chi connectivity index (χ1) is 19.6. The Kier molecular flexibility index (Phi) is 8.05. The fourth-order valence-electron chi connectivity index (χ4n) is 5.67. The summed E-state index contributed by atoms with van der Waals surface area (Å²) in [6.07, 6.45) is 2.99. The number of nitrogens with zero attached hydrogens (tertiary/aromatic N) is 4. The fraction of sp³-hybridized carbons (Fsp3) is 0.400. The molecule has 0 spiro atoms. The van der Waals surface area contributed by atoms with Crippen molar-refractivity contribution in [2.75, 3.05) is 25.0 Å². The highest BCUT2D eigenvalue weighted by molar-refractivity contribution is 5.91. The maximum atomic E-state index is 14.4. The quantitative estimate of drug-likeness (QED) is 0.495. The molecule has 1 fully saturated rings. The molecule has 0 unspecified atom stereocenters. The van der Waals surface area contributed by atoms with E-state index >= 15 is 0 Å². The molecule has 9 nitrogen and oxygen atoms in total. The molecule has 2 aliphatic rings. The van der Waals surface area contributed by atoms with E-state index in [-0.39, 0.29) is 42.1 Å². The first-order valence-corrected chi connectivity index (χ1v) is 13.8. The number of hydrogen-bond acceptors (Lipinski definition) is 4. The van der Waals surface area contributed by atoms with E-state index in [0.29, 0.717) is 32.5 Å². The van der Waals surface area contributed by atoms with Crippen LogP contribution in [-0.2, 0) is 24.2 Å². The first kappa shape index (κ1) is 28.3. The van der Waals surface area contributed by atoms with Crippen molar-refractivity contribution < 1.29 is 18.4 Å². The highest BCUT2D eigenvalue weighted by Crippen LogP contribution is 2.24. The Morgan fingerprint density at radius 2 is 1.71 bits per heavy atom. The van der Waals surface area contributed by atoms with Gasteiger partial charge in [0.1, 0.15) is 6.54 Å². The van der Waals surface area contributed by atoms with E-state index in [1.54, 1.807) is 18.7 Å². The van der Waals surface area contributed by atoms with Gasteiger partial charge in [-0.3, -0.25) is 18.7 Å². The average molecular weight is 566 g/mol. The minimum atomic E-state index is -1.05. The maximum Gasteiger partial charge on any atom is 0.331 e. The van der Waals surface area contributed by atoms with Crippen LogP contribution in [0.2, 0.25) is 0 Å². The van der Waals surface area contributed by atoms with Gasteiger partial charge in [0.15, 0.2) is 11.6 Å². The zero-order valence-corrected chi connectivity index (χ0v) is 23.1. The number of para-hydroxylation sites is 1. The third-order valence-electron chi connectivity index (χ3n) is 7.89. The van der Waals surface area contributed by atoms with E-state index in [0.717, 1.165) is 28.3 Å². The zero-order valence-electron chi connectivity index (χ0n) is 23.1. The molecular formula is C30H33F2N5O4. The minimum absolute atomic E-state index is 0.0170. The molecule has 11 heteroatoms. The smallest absolute Gasteiger partial charge is 0.331 e. The van der Waals surface area contributed by atoms with Crippen LogP contribution in [-0.4, -0.2) is 56.5 Å². The molecule has 1 aromatic heterocycles. The fourth-order valence-corrected chi connectivity index (χ4v) is 5.67. The molecule has 1 saturated heterocycles. The van der Waals surface area contributed by atoms with Gasteiger partial charge in [0.2, 0.25) is 5.91 Å². The van der Waals surface area contributed by atoms with E-state index < -0.39 is 28.9 Å². The third-order valence-corrected chi connectivity index (χ3v) is 7.89. The van der Waals surface area contributed by atoms with Crippen LogP contribution in [0.15, 0.2) is 58.3 Å². The van der Waals surface area contributed by atoms with Gasteiger partial charge in [-0.05, 0) is 56.4 Å². The number of halogens is 2. The number of likely N-dealkylation sites (tertiary alicyclic amines) is 1. The van der Waals surface area contributed by atoms with Gasteiger partial charge >= 0.3 is 11.7 Å². The summed E-state index contributed by atoms with van der Waals surface area (Å²) in [7, 11) is 0. The van der Waals surface area contributed by atoms with Crippen LogP contribution in [0, 0.1) is 11.6 Å².